The first-order valence-corrected chi connectivity index (χ1v) is 7.36. The van der Waals surface area contributed by atoms with E-state index in [1.54, 1.807) is 0 Å². The summed E-state index contributed by atoms with van der Waals surface area (Å²) in [7, 11) is 0. The van der Waals surface area contributed by atoms with Crippen molar-refractivity contribution >= 4 is 34.8 Å². The Labute approximate surface area is 151 Å². The molecule has 0 aliphatic carbocycles. The zero-order chi connectivity index (χ0) is 19.9. The van der Waals surface area contributed by atoms with Gasteiger partial charge in [0.05, 0.1) is 11.4 Å². The smallest absolute Gasteiger partial charge is 0.438 e. The van der Waals surface area contributed by atoms with Gasteiger partial charge in [-0.15, -0.1) is 0 Å². The molecule has 1 aromatic carbocycles. The Balaban J connectivity index is 2.24. The number of aliphatic hydroxyl groups is 1. The summed E-state index contributed by atoms with van der Waals surface area (Å²) in [6, 6.07) is 3.71. The average Bonchev–Trinajstić information content (AvgIpc) is 2.85. The molecule has 144 valence electrons. The summed E-state index contributed by atoms with van der Waals surface area (Å²) < 4.78 is 82.0. The van der Waals surface area contributed by atoms with Crippen molar-refractivity contribution in [1.82, 2.24) is 5.01 Å². The highest BCUT2D eigenvalue weighted by Crippen LogP contribution is 2.43. The van der Waals surface area contributed by atoms with Crippen LogP contribution in [0.5, 0.6) is 5.75 Å². The monoisotopic (exact) mass is 424 g/mol. The van der Waals surface area contributed by atoms with Gasteiger partial charge >= 0.3 is 12.4 Å². The van der Waals surface area contributed by atoms with Crippen LogP contribution in [0.2, 0.25) is 10.0 Å². The summed E-state index contributed by atoms with van der Waals surface area (Å²) in [6.45, 7) is -1.16. The van der Waals surface area contributed by atoms with Crippen molar-refractivity contribution in [2.24, 2.45) is 5.10 Å². The Morgan fingerprint density at radius 3 is 2.38 bits per heavy atom. The molecule has 1 aromatic rings. The summed E-state index contributed by atoms with van der Waals surface area (Å²) in [5, 5.41) is 11.7. The van der Waals surface area contributed by atoms with Gasteiger partial charge < -0.3 is 9.84 Å². The van der Waals surface area contributed by atoms with Crippen molar-refractivity contribution in [2.75, 3.05) is 6.61 Å². The van der Waals surface area contributed by atoms with E-state index in [0.717, 1.165) is 0 Å². The molecule has 0 bridgehead atoms. The summed E-state index contributed by atoms with van der Waals surface area (Å²) in [5.41, 5.74) is -6.09. The van der Waals surface area contributed by atoms with Crippen molar-refractivity contribution in [3.63, 3.8) is 0 Å². The maximum Gasteiger partial charge on any atom is 0.438 e. The summed E-state index contributed by atoms with van der Waals surface area (Å²) in [5.74, 6) is -1.81. The van der Waals surface area contributed by atoms with Gasteiger partial charge in [0.2, 0.25) is 0 Å². The normalized spacial score (nSPS) is 21.0. The average molecular weight is 425 g/mol. The van der Waals surface area contributed by atoms with E-state index in [0.29, 0.717) is 0 Å². The third-order valence-electron chi connectivity index (χ3n) is 3.25. The second-order valence-corrected chi connectivity index (χ2v) is 5.95. The molecular weight excluding hydrogens is 417 g/mol. The van der Waals surface area contributed by atoms with E-state index in [2.05, 4.69) is 5.10 Å². The van der Waals surface area contributed by atoms with Crippen LogP contribution in [0.3, 0.4) is 0 Å². The fourth-order valence-corrected chi connectivity index (χ4v) is 2.44. The SMILES string of the molecule is O=C(COc1ccc(Cl)cc1Cl)N1N=C(C(F)(F)F)C[C@@]1(O)C(F)(F)F. The van der Waals surface area contributed by atoms with Gasteiger partial charge in [0.1, 0.15) is 11.5 Å². The lowest BCUT2D eigenvalue weighted by Gasteiger charge is -2.32. The molecule has 2 rings (SSSR count). The minimum absolute atomic E-state index is 0.0858. The molecular formula is C13H8Cl2F6N2O3. The molecule has 0 unspecified atom stereocenters. The highest BCUT2D eigenvalue weighted by Gasteiger charge is 2.66. The maximum absolute atomic E-state index is 13.0. The number of benzene rings is 1. The van der Waals surface area contributed by atoms with Crippen LogP contribution in [0.1, 0.15) is 6.42 Å². The van der Waals surface area contributed by atoms with Crippen LogP contribution < -0.4 is 4.74 Å². The van der Waals surface area contributed by atoms with Crippen LogP contribution in [0.15, 0.2) is 23.3 Å². The number of ether oxygens (including phenoxy) is 1. The number of hydrogen-bond donors (Lipinski definition) is 1. The first-order valence-electron chi connectivity index (χ1n) is 6.60. The number of hydrogen-bond acceptors (Lipinski definition) is 4. The number of rotatable bonds is 3. The molecule has 0 radical (unpaired) electrons. The van der Waals surface area contributed by atoms with Gasteiger partial charge in [-0.3, -0.25) is 4.79 Å². The van der Waals surface area contributed by atoms with Gasteiger partial charge in [0.15, 0.2) is 6.61 Å². The number of amides is 1. The van der Waals surface area contributed by atoms with Crippen LogP contribution in [0.4, 0.5) is 26.3 Å². The van der Waals surface area contributed by atoms with Gasteiger partial charge in [-0.1, -0.05) is 23.2 Å². The molecule has 1 atom stereocenters. The van der Waals surface area contributed by atoms with Gasteiger partial charge in [0, 0.05) is 5.02 Å². The third kappa shape index (κ3) is 3.99. The largest absolute Gasteiger partial charge is 0.482 e. The lowest BCUT2D eigenvalue weighted by Crippen LogP contribution is -2.57. The molecule has 1 N–H and O–H groups in total. The van der Waals surface area contributed by atoms with Crippen molar-refractivity contribution in [2.45, 2.75) is 24.5 Å². The van der Waals surface area contributed by atoms with Crippen LogP contribution >= 0.6 is 23.2 Å². The molecule has 0 saturated heterocycles. The van der Waals surface area contributed by atoms with E-state index >= 15 is 0 Å². The fourth-order valence-electron chi connectivity index (χ4n) is 1.98. The quantitative estimate of drug-likeness (QED) is 0.751. The van der Waals surface area contributed by atoms with Crippen molar-refractivity contribution < 1.29 is 41.0 Å². The Bertz CT molecular complexity index is 752. The molecule has 26 heavy (non-hydrogen) atoms. The number of nitrogens with zero attached hydrogens (tertiary/aromatic N) is 2. The minimum Gasteiger partial charge on any atom is -0.482 e. The number of hydrazone groups is 1. The molecule has 1 aliphatic rings. The Kier molecular flexibility index (Phi) is 5.37. The molecule has 5 nitrogen and oxygen atoms in total. The minimum atomic E-state index is -5.59. The second kappa shape index (κ2) is 6.78. The van der Waals surface area contributed by atoms with Crippen molar-refractivity contribution in [3.8, 4) is 5.75 Å². The molecule has 0 aromatic heterocycles. The topological polar surface area (TPSA) is 62.1 Å². The summed E-state index contributed by atoms with van der Waals surface area (Å²) >= 11 is 11.4. The number of carbonyl (C=O) groups is 1. The molecule has 1 amide bonds. The number of halogens is 8. The van der Waals surface area contributed by atoms with Crippen LogP contribution in [-0.2, 0) is 4.79 Å². The maximum atomic E-state index is 13.0. The number of alkyl halides is 6. The Morgan fingerprint density at radius 1 is 1.27 bits per heavy atom. The molecule has 1 heterocycles. The van der Waals surface area contributed by atoms with Crippen LogP contribution in [0, 0.1) is 0 Å². The highest BCUT2D eigenvalue weighted by molar-refractivity contribution is 6.35. The fraction of sp³-hybridized carbons (Fsp3) is 0.385. The molecule has 0 spiro atoms. The third-order valence-corrected chi connectivity index (χ3v) is 3.78. The van der Waals surface area contributed by atoms with E-state index < -0.39 is 47.7 Å². The van der Waals surface area contributed by atoms with Crippen LogP contribution in [0.25, 0.3) is 0 Å². The van der Waals surface area contributed by atoms with Gasteiger partial charge in [-0.2, -0.15) is 36.5 Å². The highest BCUT2D eigenvalue weighted by atomic mass is 35.5. The first kappa shape index (κ1) is 20.6. The predicted octanol–water partition coefficient (Wildman–Crippen LogP) is 3.77. The van der Waals surface area contributed by atoms with Gasteiger partial charge in [0.25, 0.3) is 11.6 Å². The Hall–Kier alpha value is -1.72. The van der Waals surface area contributed by atoms with E-state index in [1.165, 1.54) is 18.2 Å². The molecule has 13 heteroatoms. The van der Waals surface area contributed by atoms with E-state index in [9.17, 15) is 36.2 Å². The summed E-state index contributed by atoms with van der Waals surface area (Å²) in [4.78, 5) is 11.9. The van der Waals surface area contributed by atoms with E-state index in [-0.39, 0.29) is 15.8 Å². The number of carbonyl (C=O) groups excluding carboxylic acids is 1. The first-order chi connectivity index (χ1) is 11.8. The molecule has 0 saturated carbocycles. The molecule has 1 aliphatic heterocycles. The predicted molar refractivity (Wildman–Crippen MR) is 77.9 cm³/mol. The van der Waals surface area contributed by atoms with E-state index in [1.807, 2.05) is 0 Å². The lowest BCUT2D eigenvalue weighted by atomic mass is 10.1. The molecule has 0 fully saturated rings. The van der Waals surface area contributed by atoms with Gasteiger partial charge in [-0.25, -0.2) is 0 Å². The standard InChI is InChI=1S/C13H8Cl2F6N2O3/c14-6-1-2-8(7(15)3-6)26-5-10(24)23-11(25,13(19,20)21)4-9(22-23)12(16,17)18/h1-3,25H,4-5H2/t11-/m1/s1. The van der Waals surface area contributed by atoms with Crippen molar-refractivity contribution in [1.29, 1.82) is 0 Å². The van der Waals surface area contributed by atoms with Gasteiger partial charge in [-0.05, 0) is 18.2 Å². The zero-order valence-corrected chi connectivity index (χ0v) is 13.8. The van der Waals surface area contributed by atoms with Crippen LogP contribution in [-0.4, -0.2) is 46.4 Å². The van der Waals surface area contributed by atoms with Crippen molar-refractivity contribution in [3.05, 3.63) is 28.2 Å². The van der Waals surface area contributed by atoms with E-state index in [4.69, 9.17) is 27.9 Å². The summed E-state index contributed by atoms with van der Waals surface area (Å²) in [6.07, 6.45) is -12.8. The lowest BCUT2D eigenvalue weighted by molar-refractivity contribution is -0.302. The Morgan fingerprint density at radius 2 is 1.88 bits per heavy atom. The zero-order valence-electron chi connectivity index (χ0n) is 12.3. The second-order valence-electron chi connectivity index (χ2n) is 5.10.